The molecule has 0 fully saturated rings. The molecule has 0 radical (unpaired) electrons. The first-order valence-corrected chi connectivity index (χ1v) is 5.97. The average molecular weight is 229 g/mol. The van der Waals surface area contributed by atoms with Crippen molar-refractivity contribution in [3.05, 3.63) is 41.7 Å². The monoisotopic (exact) mass is 229 g/mol. The van der Waals surface area contributed by atoms with Crippen LogP contribution in [0.4, 0.5) is 0 Å². The summed E-state index contributed by atoms with van der Waals surface area (Å²) in [7, 11) is 0. The van der Waals surface area contributed by atoms with Gasteiger partial charge in [0.05, 0.1) is 16.1 Å². The van der Waals surface area contributed by atoms with Gasteiger partial charge < -0.3 is 10.7 Å². The van der Waals surface area contributed by atoms with Gasteiger partial charge >= 0.3 is 0 Å². The SMILES string of the molecule is NCc1ncsc1-c1c[nH]c2ccccc12. The molecule has 2 heterocycles. The Labute approximate surface area is 96.9 Å². The van der Waals surface area contributed by atoms with Crippen LogP contribution < -0.4 is 5.73 Å². The molecule has 80 valence electrons. The molecule has 4 heteroatoms. The van der Waals surface area contributed by atoms with Gasteiger partial charge in [-0.2, -0.15) is 0 Å². The van der Waals surface area contributed by atoms with Crippen LogP contribution in [0.15, 0.2) is 36.0 Å². The molecule has 3 N–H and O–H groups in total. The van der Waals surface area contributed by atoms with Crippen molar-refractivity contribution in [2.24, 2.45) is 5.73 Å². The number of aromatic amines is 1. The molecule has 3 nitrogen and oxygen atoms in total. The second kappa shape index (κ2) is 3.73. The third-order valence-corrected chi connectivity index (χ3v) is 3.57. The van der Waals surface area contributed by atoms with E-state index < -0.39 is 0 Å². The number of fused-ring (bicyclic) bond motifs is 1. The van der Waals surface area contributed by atoms with Gasteiger partial charge in [0, 0.05) is 29.2 Å². The lowest BCUT2D eigenvalue weighted by atomic mass is 10.1. The lowest BCUT2D eigenvalue weighted by Gasteiger charge is -1.97. The number of para-hydroxylation sites is 1. The first kappa shape index (κ1) is 9.57. The Morgan fingerprint density at radius 2 is 2.19 bits per heavy atom. The van der Waals surface area contributed by atoms with E-state index in [0.29, 0.717) is 6.54 Å². The molecule has 3 aromatic rings. The van der Waals surface area contributed by atoms with E-state index in [1.165, 1.54) is 15.8 Å². The number of H-pyrrole nitrogens is 1. The molecule has 0 unspecified atom stereocenters. The van der Waals surface area contributed by atoms with Crippen LogP contribution >= 0.6 is 11.3 Å². The first-order valence-electron chi connectivity index (χ1n) is 5.09. The quantitative estimate of drug-likeness (QED) is 0.710. The van der Waals surface area contributed by atoms with Gasteiger partial charge in [0.25, 0.3) is 0 Å². The molecule has 0 saturated carbocycles. The number of nitrogens with one attached hydrogen (secondary N) is 1. The van der Waals surface area contributed by atoms with E-state index in [1.807, 2.05) is 23.8 Å². The number of rotatable bonds is 2. The molecule has 0 aliphatic carbocycles. The van der Waals surface area contributed by atoms with E-state index in [0.717, 1.165) is 11.2 Å². The number of hydrogen-bond donors (Lipinski definition) is 2. The first-order chi connectivity index (χ1) is 7.90. The predicted molar refractivity (Wildman–Crippen MR) is 67.3 cm³/mol. The van der Waals surface area contributed by atoms with Crippen molar-refractivity contribution in [1.82, 2.24) is 9.97 Å². The maximum Gasteiger partial charge on any atom is 0.0802 e. The highest BCUT2D eigenvalue weighted by atomic mass is 32.1. The fourth-order valence-corrected chi connectivity index (χ4v) is 2.75. The lowest BCUT2D eigenvalue weighted by molar-refractivity contribution is 1.01. The molecule has 0 aliphatic heterocycles. The van der Waals surface area contributed by atoms with Crippen molar-refractivity contribution in [1.29, 1.82) is 0 Å². The van der Waals surface area contributed by atoms with Crippen LogP contribution in [0.1, 0.15) is 5.69 Å². The van der Waals surface area contributed by atoms with Crippen LogP contribution in [0.25, 0.3) is 21.3 Å². The van der Waals surface area contributed by atoms with E-state index in [-0.39, 0.29) is 0 Å². The van der Waals surface area contributed by atoms with Crippen LogP contribution in [-0.2, 0) is 6.54 Å². The molecule has 0 bridgehead atoms. The standard InChI is InChI=1S/C12H11N3S/c13-5-11-12(16-7-15-11)9-6-14-10-4-2-1-3-8(9)10/h1-4,6-7,14H,5,13H2. The smallest absolute Gasteiger partial charge is 0.0802 e. The normalized spacial score (nSPS) is 11.1. The van der Waals surface area contributed by atoms with Crippen LogP contribution in [-0.4, -0.2) is 9.97 Å². The highest BCUT2D eigenvalue weighted by molar-refractivity contribution is 7.13. The van der Waals surface area contributed by atoms with Crippen LogP contribution in [0.2, 0.25) is 0 Å². The molecule has 3 rings (SSSR count). The Morgan fingerprint density at radius 1 is 1.31 bits per heavy atom. The predicted octanol–water partition coefficient (Wildman–Crippen LogP) is 2.75. The van der Waals surface area contributed by atoms with Crippen LogP contribution in [0.5, 0.6) is 0 Å². The largest absolute Gasteiger partial charge is 0.361 e. The Bertz CT molecular complexity index is 624. The van der Waals surface area contributed by atoms with Gasteiger partial charge in [-0.1, -0.05) is 18.2 Å². The second-order valence-electron chi connectivity index (χ2n) is 3.58. The van der Waals surface area contributed by atoms with Crippen molar-refractivity contribution in [2.75, 3.05) is 0 Å². The number of nitrogens with zero attached hydrogens (tertiary/aromatic N) is 1. The molecule has 0 aliphatic rings. The summed E-state index contributed by atoms with van der Waals surface area (Å²) in [5, 5.41) is 1.22. The Morgan fingerprint density at radius 3 is 3.06 bits per heavy atom. The maximum absolute atomic E-state index is 5.68. The molecule has 0 amide bonds. The Balaban J connectivity index is 2.26. The molecule has 0 atom stereocenters. The van der Waals surface area contributed by atoms with E-state index in [4.69, 9.17) is 5.73 Å². The minimum Gasteiger partial charge on any atom is -0.361 e. The Hall–Kier alpha value is -1.65. The maximum atomic E-state index is 5.68. The van der Waals surface area contributed by atoms with E-state index >= 15 is 0 Å². The molecule has 1 aromatic carbocycles. The second-order valence-corrected chi connectivity index (χ2v) is 4.44. The van der Waals surface area contributed by atoms with Gasteiger partial charge in [0.2, 0.25) is 0 Å². The summed E-state index contributed by atoms with van der Waals surface area (Å²) < 4.78 is 0. The van der Waals surface area contributed by atoms with Crippen LogP contribution in [0, 0.1) is 0 Å². The molecular formula is C12H11N3S. The molecular weight excluding hydrogens is 218 g/mol. The van der Waals surface area contributed by atoms with Gasteiger partial charge in [-0.15, -0.1) is 11.3 Å². The Kier molecular flexibility index (Phi) is 2.23. The van der Waals surface area contributed by atoms with E-state index in [2.05, 4.69) is 22.1 Å². The summed E-state index contributed by atoms with van der Waals surface area (Å²) in [4.78, 5) is 8.71. The zero-order valence-electron chi connectivity index (χ0n) is 8.60. The summed E-state index contributed by atoms with van der Waals surface area (Å²) in [5.41, 5.74) is 10.8. The zero-order chi connectivity index (χ0) is 11.0. The van der Waals surface area contributed by atoms with Gasteiger partial charge in [0.1, 0.15) is 0 Å². The number of thiazole rings is 1. The van der Waals surface area contributed by atoms with Crippen molar-refractivity contribution in [3.8, 4) is 10.4 Å². The van der Waals surface area contributed by atoms with E-state index in [1.54, 1.807) is 11.3 Å². The minimum absolute atomic E-state index is 0.484. The minimum atomic E-state index is 0.484. The van der Waals surface area contributed by atoms with E-state index in [9.17, 15) is 0 Å². The number of aromatic nitrogens is 2. The van der Waals surface area contributed by atoms with Gasteiger partial charge in [-0.3, -0.25) is 0 Å². The summed E-state index contributed by atoms with van der Waals surface area (Å²) in [6, 6.07) is 8.26. The van der Waals surface area contributed by atoms with Crippen molar-refractivity contribution >= 4 is 22.2 Å². The molecule has 16 heavy (non-hydrogen) atoms. The highest BCUT2D eigenvalue weighted by Gasteiger charge is 2.11. The third-order valence-electron chi connectivity index (χ3n) is 2.67. The summed E-state index contributed by atoms with van der Waals surface area (Å²) in [6.45, 7) is 0.484. The van der Waals surface area contributed by atoms with Gasteiger partial charge in [-0.25, -0.2) is 4.98 Å². The van der Waals surface area contributed by atoms with Gasteiger partial charge in [0.15, 0.2) is 0 Å². The van der Waals surface area contributed by atoms with Crippen LogP contribution in [0.3, 0.4) is 0 Å². The molecule has 0 saturated heterocycles. The van der Waals surface area contributed by atoms with Crippen molar-refractivity contribution in [2.45, 2.75) is 6.54 Å². The van der Waals surface area contributed by atoms with Crippen molar-refractivity contribution in [3.63, 3.8) is 0 Å². The summed E-state index contributed by atoms with van der Waals surface area (Å²) in [5.74, 6) is 0. The summed E-state index contributed by atoms with van der Waals surface area (Å²) >= 11 is 1.64. The lowest BCUT2D eigenvalue weighted by Crippen LogP contribution is -1.97. The summed E-state index contributed by atoms with van der Waals surface area (Å²) in [6.07, 6.45) is 2.03. The fourth-order valence-electron chi connectivity index (χ4n) is 1.89. The molecule has 2 aromatic heterocycles. The number of benzene rings is 1. The number of nitrogens with two attached hydrogens (primary N) is 1. The topological polar surface area (TPSA) is 54.7 Å². The molecule has 0 spiro atoms. The zero-order valence-corrected chi connectivity index (χ0v) is 9.42. The highest BCUT2D eigenvalue weighted by Crippen LogP contribution is 2.33. The number of hydrogen-bond acceptors (Lipinski definition) is 3. The average Bonchev–Trinajstić information content (AvgIpc) is 2.94. The van der Waals surface area contributed by atoms with Crippen molar-refractivity contribution < 1.29 is 0 Å². The van der Waals surface area contributed by atoms with Gasteiger partial charge in [-0.05, 0) is 6.07 Å². The third kappa shape index (κ3) is 1.35. The fraction of sp³-hybridized carbons (Fsp3) is 0.0833.